The highest BCUT2D eigenvalue weighted by atomic mass is 32.1. The van der Waals surface area contributed by atoms with Crippen molar-refractivity contribution in [3.8, 4) is 11.5 Å². The van der Waals surface area contributed by atoms with Gasteiger partial charge >= 0.3 is 0 Å². The van der Waals surface area contributed by atoms with Gasteiger partial charge in [-0.2, -0.15) is 0 Å². The summed E-state index contributed by atoms with van der Waals surface area (Å²) in [7, 11) is 0. The Kier molecular flexibility index (Phi) is 5.79. The Hall–Kier alpha value is -3.72. The second-order valence-corrected chi connectivity index (χ2v) is 8.61. The highest BCUT2D eigenvalue weighted by molar-refractivity contribution is 7.71. The molecular formula is C25H23N3O5S. The molecule has 34 heavy (non-hydrogen) atoms. The van der Waals surface area contributed by atoms with E-state index >= 15 is 0 Å². The summed E-state index contributed by atoms with van der Waals surface area (Å²) in [4.78, 5) is 42.8. The third-order valence-electron chi connectivity index (χ3n) is 6.18. The topological polar surface area (TPSA) is 93.6 Å². The van der Waals surface area contributed by atoms with Gasteiger partial charge in [0.2, 0.25) is 6.79 Å². The first-order valence-electron chi connectivity index (χ1n) is 11.2. The van der Waals surface area contributed by atoms with Crippen LogP contribution in [0.1, 0.15) is 50.9 Å². The van der Waals surface area contributed by atoms with E-state index in [1.807, 2.05) is 25.1 Å². The highest BCUT2D eigenvalue weighted by Crippen LogP contribution is 2.33. The SMILES string of the molecule is CCc1c(Cc2ccc3c(c2)OCO3)[nH]c(=S)n(CCCN2C(=O)c3ccccc3C2=O)c1=O. The van der Waals surface area contributed by atoms with E-state index in [1.54, 1.807) is 24.3 Å². The minimum atomic E-state index is -0.300. The van der Waals surface area contributed by atoms with Gasteiger partial charge in [0.15, 0.2) is 16.3 Å². The number of carbonyl (C=O) groups is 2. The summed E-state index contributed by atoms with van der Waals surface area (Å²) in [5.41, 5.74) is 3.10. The number of aromatic nitrogens is 2. The molecule has 0 saturated carbocycles. The number of benzene rings is 2. The smallest absolute Gasteiger partial charge is 0.261 e. The Morgan fingerprint density at radius 3 is 2.38 bits per heavy atom. The van der Waals surface area contributed by atoms with Crippen LogP contribution >= 0.6 is 12.2 Å². The molecule has 8 nitrogen and oxygen atoms in total. The number of amides is 2. The quantitative estimate of drug-likeness (QED) is 0.414. The highest BCUT2D eigenvalue weighted by Gasteiger charge is 2.34. The van der Waals surface area contributed by atoms with Gasteiger partial charge in [-0.3, -0.25) is 23.9 Å². The van der Waals surface area contributed by atoms with Gasteiger partial charge in [-0.1, -0.05) is 25.1 Å². The van der Waals surface area contributed by atoms with Crippen molar-refractivity contribution in [1.29, 1.82) is 0 Å². The fraction of sp³-hybridized carbons (Fsp3) is 0.280. The molecule has 3 heterocycles. The summed E-state index contributed by atoms with van der Waals surface area (Å²) in [5, 5.41) is 0. The number of ether oxygens (including phenoxy) is 2. The number of hydrogen-bond donors (Lipinski definition) is 1. The van der Waals surface area contributed by atoms with Crippen LogP contribution in [0.25, 0.3) is 0 Å². The molecule has 2 aliphatic heterocycles. The summed E-state index contributed by atoms with van der Waals surface area (Å²) in [5.74, 6) is 0.800. The molecule has 0 bridgehead atoms. The number of H-pyrrole nitrogens is 1. The molecule has 5 rings (SSSR count). The van der Waals surface area contributed by atoms with Crippen molar-refractivity contribution >= 4 is 24.0 Å². The number of imide groups is 1. The van der Waals surface area contributed by atoms with E-state index in [1.165, 1.54) is 9.47 Å². The van der Waals surface area contributed by atoms with Crippen LogP contribution in [0.5, 0.6) is 11.5 Å². The van der Waals surface area contributed by atoms with E-state index in [0.717, 1.165) is 11.3 Å². The average Bonchev–Trinajstić information content (AvgIpc) is 3.39. The maximum atomic E-state index is 13.2. The molecule has 9 heteroatoms. The monoisotopic (exact) mass is 477 g/mol. The normalized spacial score (nSPS) is 14.1. The van der Waals surface area contributed by atoms with Gasteiger partial charge in [-0.05, 0) is 54.9 Å². The van der Waals surface area contributed by atoms with Crippen LogP contribution in [0, 0.1) is 4.77 Å². The predicted octanol–water partition coefficient (Wildman–Crippen LogP) is 3.47. The number of nitrogens with one attached hydrogen (secondary N) is 1. The minimum absolute atomic E-state index is 0.149. The number of carbonyl (C=O) groups excluding carboxylic acids is 2. The standard InChI is InChI=1S/C25H23N3O5S/c1-2-16-19(12-15-8-9-20-21(13-15)33-14-32-20)26-25(34)28(22(16)29)11-5-10-27-23(30)17-6-3-4-7-18(17)24(27)31/h3-4,6-9,13H,2,5,10-12,14H2,1H3,(H,26,34). The number of hydrogen-bond acceptors (Lipinski definition) is 6. The molecule has 2 aromatic carbocycles. The molecular weight excluding hydrogens is 454 g/mol. The lowest BCUT2D eigenvalue weighted by molar-refractivity contribution is 0.0650. The van der Waals surface area contributed by atoms with E-state index < -0.39 is 0 Å². The first kappa shape index (κ1) is 22.1. The first-order chi connectivity index (χ1) is 16.5. The van der Waals surface area contributed by atoms with Crippen LogP contribution in [0.2, 0.25) is 0 Å². The van der Waals surface area contributed by atoms with Crippen molar-refractivity contribution in [2.45, 2.75) is 32.7 Å². The zero-order valence-electron chi connectivity index (χ0n) is 18.6. The van der Waals surface area contributed by atoms with E-state index in [4.69, 9.17) is 21.7 Å². The number of rotatable bonds is 7. The van der Waals surface area contributed by atoms with Crippen LogP contribution in [0.4, 0.5) is 0 Å². The average molecular weight is 478 g/mol. The van der Waals surface area contributed by atoms with Crippen LogP contribution < -0.4 is 15.0 Å². The van der Waals surface area contributed by atoms with E-state index in [9.17, 15) is 14.4 Å². The van der Waals surface area contributed by atoms with Crippen LogP contribution in [0.3, 0.4) is 0 Å². The predicted molar refractivity (Wildman–Crippen MR) is 127 cm³/mol. The molecule has 0 fully saturated rings. The molecule has 3 aromatic rings. The summed E-state index contributed by atoms with van der Waals surface area (Å²) in [6, 6.07) is 12.5. The lowest BCUT2D eigenvalue weighted by Crippen LogP contribution is -2.33. The van der Waals surface area contributed by atoms with Crippen molar-refractivity contribution in [2.75, 3.05) is 13.3 Å². The maximum Gasteiger partial charge on any atom is 0.261 e. The molecule has 0 unspecified atom stereocenters. The zero-order valence-corrected chi connectivity index (χ0v) is 19.4. The summed E-state index contributed by atoms with van der Waals surface area (Å²) in [6.07, 6.45) is 1.48. The minimum Gasteiger partial charge on any atom is -0.454 e. The lowest BCUT2D eigenvalue weighted by Gasteiger charge is -2.16. The first-order valence-corrected chi connectivity index (χ1v) is 11.6. The van der Waals surface area contributed by atoms with E-state index in [-0.39, 0.29) is 30.7 Å². The Bertz CT molecular complexity index is 1390. The largest absolute Gasteiger partial charge is 0.454 e. The zero-order chi connectivity index (χ0) is 23.8. The van der Waals surface area contributed by atoms with Gasteiger partial charge in [0.25, 0.3) is 17.4 Å². The van der Waals surface area contributed by atoms with Crippen LogP contribution in [-0.4, -0.2) is 39.6 Å². The Morgan fingerprint density at radius 2 is 1.68 bits per heavy atom. The number of aromatic amines is 1. The van der Waals surface area contributed by atoms with Gasteiger partial charge < -0.3 is 14.5 Å². The molecule has 0 saturated heterocycles. The number of nitrogens with zero attached hydrogens (tertiary/aromatic N) is 2. The molecule has 0 spiro atoms. The van der Waals surface area contributed by atoms with E-state index in [2.05, 4.69) is 4.98 Å². The van der Waals surface area contributed by atoms with Crippen molar-refractivity contribution in [1.82, 2.24) is 14.5 Å². The van der Waals surface area contributed by atoms with Crippen LogP contribution in [-0.2, 0) is 19.4 Å². The van der Waals surface area contributed by atoms with E-state index in [0.29, 0.717) is 58.8 Å². The van der Waals surface area contributed by atoms with Crippen molar-refractivity contribution in [3.05, 3.63) is 85.5 Å². The molecule has 0 atom stereocenters. The lowest BCUT2D eigenvalue weighted by atomic mass is 10.0. The molecule has 0 radical (unpaired) electrons. The molecule has 0 aliphatic carbocycles. The van der Waals surface area contributed by atoms with Gasteiger partial charge in [-0.15, -0.1) is 0 Å². The maximum absolute atomic E-state index is 13.2. The fourth-order valence-corrected chi connectivity index (χ4v) is 4.76. The van der Waals surface area contributed by atoms with Crippen molar-refractivity contribution in [3.63, 3.8) is 0 Å². The Morgan fingerprint density at radius 1 is 0.971 bits per heavy atom. The second kappa shape index (κ2) is 8.90. The van der Waals surface area contributed by atoms with Gasteiger partial charge in [0.1, 0.15) is 0 Å². The third-order valence-corrected chi connectivity index (χ3v) is 6.51. The van der Waals surface area contributed by atoms with Gasteiger partial charge in [0, 0.05) is 30.8 Å². The van der Waals surface area contributed by atoms with Crippen LogP contribution in [0.15, 0.2) is 47.3 Å². The Balaban J connectivity index is 1.32. The van der Waals surface area contributed by atoms with Gasteiger partial charge in [0.05, 0.1) is 11.1 Å². The molecule has 1 aromatic heterocycles. The second-order valence-electron chi connectivity index (χ2n) is 8.22. The van der Waals surface area contributed by atoms with Gasteiger partial charge in [-0.25, -0.2) is 0 Å². The molecule has 1 N–H and O–H groups in total. The third kappa shape index (κ3) is 3.81. The van der Waals surface area contributed by atoms with Crippen molar-refractivity contribution < 1.29 is 19.1 Å². The summed E-state index contributed by atoms with van der Waals surface area (Å²) in [6.45, 7) is 2.66. The van der Waals surface area contributed by atoms with Crippen molar-refractivity contribution in [2.24, 2.45) is 0 Å². The summed E-state index contributed by atoms with van der Waals surface area (Å²) < 4.78 is 12.6. The molecule has 2 aliphatic rings. The number of fused-ring (bicyclic) bond motifs is 2. The molecule has 2 amide bonds. The molecule has 174 valence electrons. The summed E-state index contributed by atoms with van der Waals surface area (Å²) >= 11 is 5.50. The Labute approximate surface area is 200 Å². The fourth-order valence-electron chi connectivity index (χ4n) is 4.46.